The van der Waals surface area contributed by atoms with Gasteiger partial charge in [0.15, 0.2) is 0 Å². The molecular weight excluding hydrogens is 444 g/mol. The van der Waals surface area contributed by atoms with E-state index in [-0.39, 0.29) is 6.04 Å². The van der Waals surface area contributed by atoms with Crippen LogP contribution in [0.15, 0.2) is 42.9 Å². The second kappa shape index (κ2) is 10.0. The number of likely N-dealkylation sites (tertiary alicyclic amines) is 2. The van der Waals surface area contributed by atoms with Crippen LogP contribution in [0.3, 0.4) is 0 Å². The van der Waals surface area contributed by atoms with Crippen molar-refractivity contribution in [2.45, 2.75) is 44.7 Å². The van der Waals surface area contributed by atoms with E-state index in [0.29, 0.717) is 36.3 Å². The van der Waals surface area contributed by atoms with Crippen molar-refractivity contribution < 1.29 is 14.3 Å². The fraction of sp³-hybridized carbons (Fsp3) is 0.462. The predicted octanol–water partition coefficient (Wildman–Crippen LogP) is 3.37. The number of ether oxygens (including phenoxy) is 1. The third-order valence-corrected chi connectivity index (χ3v) is 7.23. The van der Waals surface area contributed by atoms with Gasteiger partial charge in [0, 0.05) is 24.2 Å². The number of fused-ring (bicyclic) bond motifs is 1. The zero-order valence-corrected chi connectivity index (χ0v) is 20.2. The molecule has 0 aliphatic carbocycles. The maximum absolute atomic E-state index is 13.4. The quantitative estimate of drug-likeness (QED) is 0.548. The van der Waals surface area contributed by atoms with Crippen molar-refractivity contribution in [3.63, 3.8) is 0 Å². The minimum atomic E-state index is -0.676. The molecule has 0 saturated carbocycles. The van der Waals surface area contributed by atoms with E-state index >= 15 is 0 Å². The van der Waals surface area contributed by atoms with Crippen LogP contribution < -0.4 is 10.1 Å². The highest BCUT2D eigenvalue weighted by Gasteiger charge is 2.34. The predicted molar refractivity (Wildman–Crippen MR) is 133 cm³/mol. The molecule has 0 unspecified atom stereocenters. The highest BCUT2D eigenvalue weighted by Crippen LogP contribution is 2.35. The fourth-order valence-electron chi connectivity index (χ4n) is 5.18. The van der Waals surface area contributed by atoms with Gasteiger partial charge in [-0.2, -0.15) is 5.10 Å². The van der Waals surface area contributed by atoms with Gasteiger partial charge in [-0.05, 0) is 62.9 Å². The van der Waals surface area contributed by atoms with Gasteiger partial charge in [-0.25, -0.2) is 0 Å². The number of nitrogens with zero attached hydrogens (tertiary/aromatic N) is 4. The minimum Gasteiger partial charge on any atom is -0.492 e. The standard InChI is InChI=1S/C26H32N6O3/c1-17-8-9-23(18-5-3-7-21(11-18)35-16-20-6-4-10-31(20)2)32(15-17)26(34)25(33)29-22-14-27-12-19-13-28-30-24(19)22/h3,5,7,11-14,17,20,23H,4,6,8-10,15-16H2,1-2H3,(H,28,30)(H,29,33)/t17-,20+,23+/m0/s1. The molecule has 0 radical (unpaired) electrons. The van der Waals surface area contributed by atoms with Gasteiger partial charge in [0.1, 0.15) is 12.4 Å². The van der Waals surface area contributed by atoms with Crippen molar-refractivity contribution in [2.24, 2.45) is 5.92 Å². The number of benzene rings is 1. The van der Waals surface area contributed by atoms with Crippen LogP contribution in [-0.2, 0) is 9.59 Å². The van der Waals surface area contributed by atoms with E-state index in [0.717, 1.165) is 42.5 Å². The molecule has 2 fully saturated rings. The van der Waals surface area contributed by atoms with E-state index in [1.165, 1.54) is 12.6 Å². The summed E-state index contributed by atoms with van der Waals surface area (Å²) in [5.41, 5.74) is 2.07. The number of aromatic nitrogens is 3. The van der Waals surface area contributed by atoms with Crippen LogP contribution in [-0.4, -0.2) is 69.6 Å². The van der Waals surface area contributed by atoms with Crippen LogP contribution in [0.5, 0.6) is 5.75 Å². The molecule has 0 spiro atoms. The Hall–Kier alpha value is -3.46. The van der Waals surface area contributed by atoms with Crippen molar-refractivity contribution in [3.8, 4) is 5.75 Å². The average molecular weight is 477 g/mol. The number of piperidine rings is 1. The number of anilines is 1. The Morgan fingerprint density at radius 2 is 2.09 bits per heavy atom. The molecule has 4 heterocycles. The molecule has 2 aliphatic heterocycles. The van der Waals surface area contributed by atoms with E-state index in [4.69, 9.17) is 4.74 Å². The number of hydrogen-bond donors (Lipinski definition) is 2. The number of carbonyl (C=O) groups excluding carboxylic acids is 2. The molecule has 35 heavy (non-hydrogen) atoms. The molecular formula is C26H32N6O3. The lowest BCUT2D eigenvalue weighted by Gasteiger charge is -2.38. The van der Waals surface area contributed by atoms with Crippen LogP contribution in [0.2, 0.25) is 0 Å². The third kappa shape index (κ3) is 5.00. The molecule has 2 aliphatic rings. The summed E-state index contributed by atoms with van der Waals surface area (Å²) in [6.07, 6.45) is 8.94. The monoisotopic (exact) mass is 476 g/mol. The highest BCUT2D eigenvalue weighted by molar-refractivity contribution is 6.40. The van der Waals surface area contributed by atoms with Crippen molar-refractivity contribution in [3.05, 3.63) is 48.4 Å². The molecule has 2 aromatic heterocycles. The van der Waals surface area contributed by atoms with Gasteiger partial charge in [0.25, 0.3) is 0 Å². The van der Waals surface area contributed by atoms with E-state index in [1.807, 2.05) is 24.3 Å². The molecule has 0 bridgehead atoms. The highest BCUT2D eigenvalue weighted by atomic mass is 16.5. The van der Waals surface area contributed by atoms with Gasteiger partial charge in [-0.1, -0.05) is 19.1 Å². The average Bonchev–Trinajstić information content (AvgIpc) is 3.51. The van der Waals surface area contributed by atoms with E-state index in [9.17, 15) is 9.59 Å². The molecule has 1 aromatic carbocycles. The summed E-state index contributed by atoms with van der Waals surface area (Å²) in [4.78, 5) is 34.5. The smallest absolute Gasteiger partial charge is 0.314 e. The van der Waals surface area contributed by atoms with E-state index in [2.05, 4.69) is 39.4 Å². The number of aromatic amines is 1. The van der Waals surface area contributed by atoms with Crippen molar-refractivity contribution in [1.82, 2.24) is 25.0 Å². The lowest BCUT2D eigenvalue weighted by Crippen LogP contribution is -2.46. The largest absolute Gasteiger partial charge is 0.492 e. The fourth-order valence-corrected chi connectivity index (χ4v) is 5.18. The summed E-state index contributed by atoms with van der Waals surface area (Å²) in [7, 11) is 2.14. The first-order valence-electron chi connectivity index (χ1n) is 12.3. The van der Waals surface area contributed by atoms with Crippen LogP contribution in [0.25, 0.3) is 10.9 Å². The first-order chi connectivity index (χ1) is 17.0. The Balaban J connectivity index is 1.31. The summed E-state index contributed by atoms with van der Waals surface area (Å²) in [6, 6.07) is 8.22. The maximum Gasteiger partial charge on any atom is 0.314 e. The van der Waals surface area contributed by atoms with E-state index in [1.54, 1.807) is 17.3 Å². The van der Waals surface area contributed by atoms with Gasteiger partial charge in [-0.3, -0.25) is 19.7 Å². The topological polar surface area (TPSA) is 103 Å². The molecule has 9 nitrogen and oxygen atoms in total. The second-order valence-electron chi connectivity index (χ2n) is 9.79. The molecule has 2 amide bonds. The molecule has 3 aromatic rings. The first kappa shape index (κ1) is 23.3. The number of carbonyl (C=O) groups is 2. The van der Waals surface area contributed by atoms with E-state index < -0.39 is 11.8 Å². The Morgan fingerprint density at radius 1 is 1.20 bits per heavy atom. The Labute approximate surface area is 204 Å². The Bertz CT molecular complexity index is 1210. The van der Waals surface area contributed by atoms with Crippen LogP contribution in [0.1, 0.15) is 44.2 Å². The van der Waals surface area contributed by atoms with Gasteiger partial charge in [-0.15, -0.1) is 0 Å². The van der Waals surface area contributed by atoms with Crippen molar-refractivity contribution >= 4 is 28.4 Å². The number of amides is 2. The number of nitrogens with one attached hydrogen (secondary N) is 2. The number of rotatable bonds is 5. The molecule has 5 rings (SSSR count). The molecule has 2 saturated heterocycles. The maximum atomic E-state index is 13.4. The van der Waals surface area contributed by atoms with Gasteiger partial charge in [0.2, 0.25) is 0 Å². The number of H-pyrrole nitrogens is 1. The van der Waals surface area contributed by atoms with Crippen molar-refractivity contribution in [2.75, 3.05) is 32.1 Å². The summed E-state index contributed by atoms with van der Waals surface area (Å²) in [5.74, 6) is -0.102. The molecule has 184 valence electrons. The third-order valence-electron chi connectivity index (χ3n) is 7.23. The molecule has 9 heteroatoms. The number of pyridine rings is 1. The molecule has 3 atom stereocenters. The van der Waals surface area contributed by atoms with Gasteiger partial charge >= 0.3 is 11.8 Å². The zero-order chi connectivity index (χ0) is 24.4. The van der Waals surface area contributed by atoms with Crippen LogP contribution in [0, 0.1) is 5.92 Å². The van der Waals surface area contributed by atoms with Crippen LogP contribution >= 0.6 is 0 Å². The lowest BCUT2D eigenvalue weighted by molar-refractivity contribution is -0.146. The molecule has 2 N–H and O–H groups in total. The normalized spacial score (nSPS) is 22.9. The van der Waals surface area contributed by atoms with Crippen LogP contribution in [0.4, 0.5) is 5.69 Å². The Morgan fingerprint density at radius 3 is 2.91 bits per heavy atom. The first-order valence-corrected chi connectivity index (χ1v) is 12.3. The Kier molecular flexibility index (Phi) is 6.68. The number of likely N-dealkylation sites (N-methyl/N-ethyl adjacent to an activating group) is 1. The minimum absolute atomic E-state index is 0.178. The van der Waals surface area contributed by atoms with Gasteiger partial charge < -0.3 is 19.9 Å². The summed E-state index contributed by atoms with van der Waals surface area (Å²) < 4.78 is 6.13. The zero-order valence-electron chi connectivity index (χ0n) is 20.2. The summed E-state index contributed by atoms with van der Waals surface area (Å²) >= 11 is 0. The lowest BCUT2D eigenvalue weighted by atomic mass is 9.89. The number of hydrogen-bond acceptors (Lipinski definition) is 6. The summed E-state index contributed by atoms with van der Waals surface area (Å²) in [5, 5.41) is 10.3. The second-order valence-corrected chi connectivity index (χ2v) is 9.79. The SMILES string of the molecule is C[C@H]1CC[C@H](c2cccc(OC[C@H]3CCCN3C)c2)N(C(=O)C(=O)Nc2cncc3cn[nH]c23)C1. The summed E-state index contributed by atoms with van der Waals surface area (Å²) in [6.45, 7) is 4.40. The van der Waals surface area contributed by atoms with Gasteiger partial charge in [0.05, 0.1) is 29.6 Å². The van der Waals surface area contributed by atoms with Crippen molar-refractivity contribution in [1.29, 1.82) is 0 Å².